The molecule has 0 aromatic heterocycles. The minimum Gasteiger partial charge on any atom is -0.301 e. The van der Waals surface area contributed by atoms with Crippen LogP contribution in [0.1, 0.15) is 53.4 Å². The van der Waals surface area contributed by atoms with Crippen LogP contribution in [-0.4, -0.2) is 24.0 Å². The van der Waals surface area contributed by atoms with E-state index in [1.807, 2.05) is 0 Å². The third kappa shape index (κ3) is 2.61. The van der Waals surface area contributed by atoms with E-state index in [4.69, 9.17) is 0 Å². The van der Waals surface area contributed by atoms with Gasteiger partial charge in [0.05, 0.1) is 0 Å². The van der Waals surface area contributed by atoms with E-state index in [9.17, 15) is 0 Å². The summed E-state index contributed by atoms with van der Waals surface area (Å²) in [5, 5.41) is 0. The summed E-state index contributed by atoms with van der Waals surface area (Å²) in [4.78, 5) is 2.65. The van der Waals surface area contributed by atoms with E-state index < -0.39 is 0 Å². The van der Waals surface area contributed by atoms with Crippen LogP contribution in [-0.2, 0) is 0 Å². The maximum absolute atomic E-state index is 2.65. The molecule has 1 saturated carbocycles. The van der Waals surface area contributed by atoms with Crippen LogP contribution < -0.4 is 0 Å². The summed E-state index contributed by atoms with van der Waals surface area (Å²) < 4.78 is 0. The number of likely N-dealkylation sites (tertiary alicyclic amines) is 1. The van der Waals surface area contributed by atoms with Crippen molar-refractivity contribution in [3.8, 4) is 0 Å². The van der Waals surface area contributed by atoms with E-state index in [-0.39, 0.29) is 0 Å². The standard InChI is InChI=1S/C15H29N/c1-11(2)14-9-15(10-14)13-5-7-16(8-6-13)12(3)4/h11-15H,5-10H2,1-4H3. The molecule has 0 atom stereocenters. The van der Waals surface area contributed by atoms with E-state index in [0.29, 0.717) is 0 Å². The van der Waals surface area contributed by atoms with Crippen LogP contribution in [0.3, 0.4) is 0 Å². The van der Waals surface area contributed by atoms with Crippen LogP contribution in [0.5, 0.6) is 0 Å². The highest BCUT2D eigenvalue weighted by Crippen LogP contribution is 2.45. The van der Waals surface area contributed by atoms with Gasteiger partial charge in [0.15, 0.2) is 0 Å². The monoisotopic (exact) mass is 223 g/mol. The Morgan fingerprint density at radius 1 is 0.875 bits per heavy atom. The molecule has 0 aromatic carbocycles. The first kappa shape index (κ1) is 12.4. The van der Waals surface area contributed by atoms with Gasteiger partial charge in [-0.1, -0.05) is 13.8 Å². The topological polar surface area (TPSA) is 3.24 Å². The molecule has 1 aliphatic carbocycles. The van der Waals surface area contributed by atoms with Crippen molar-refractivity contribution in [2.45, 2.75) is 59.4 Å². The zero-order chi connectivity index (χ0) is 11.7. The second-order valence-electron chi connectivity index (χ2n) is 6.70. The summed E-state index contributed by atoms with van der Waals surface area (Å²) in [5.74, 6) is 4.12. The van der Waals surface area contributed by atoms with Crippen molar-refractivity contribution in [1.29, 1.82) is 0 Å². The highest BCUT2D eigenvalue weighted by molar-refractivity contribution is 4.88. The van der Waals surface area contributed by atoms with E-state index in [1.54, 1.807) is 0 Å². The van der Waals surface area contributed by atoms with Crippen LogP contribution in [0.15, 0.2) is 0 Å². The number of hydrogen-bond donors (Lipinski definition) is 0. The lowest BCUT2D eigenvalue weighted by molar-refractivity contribution is 0.0413. The average molecular weight is 223 g/mol. The Kier molecular flexibility index (Phi) is 3.94. The van der Waals surface area contributed by atoms with Crippen LogP contribution in [0.25, 0.3) is 0 Å². The lowest BCUT2D eigenvalue weighted by Crippen LogP contribution is -2.43. The Morgan fingerprint density at radius 2 is 1.44 bits per heavy atom. The molecule has 0 unspecified atom stereocenters. The summed E-state index contributed by atoms with van der Waals surface area (Å²) in [5.41, 5.74) is 0. The maximum Gasteiger partial charge on any atom is 0.00385 e. The van der Waals surface area contributed by atoms with Crippen molar-refractivity contribution in [3.63, 3.8) is 0 Å². The second-order valence-corrected chi connectivity index (χ2v) is 6.70. The Hall–Kier alpha value is -0.0400. The first-order valence-corrected chi connectivity index (χ1v) is 7.32. The highest BCUT2D eigenvalue weighted by atomic mass is 15.1. The van der Waals surface area contributed by atoms with E-state index in [2.05, 4.69) is 32.6 Å². The smallest absolute Gasteiger partial charge is 0.00385 e. The Morgan fingerprint density at radius 3 is 1.88 bits per heavy atom. The molecule has 1 saturated heterocycles. The van der Waals surface area contributed by atoms with Gasteiger partial charge in [-0.25, -0.2) is 0 Å². The molecule has 2 rings (SSSR count). The molecule has 1 heterocycles. The van der Waals surface area contributed by atoms with Gasteiger partial charge < -0.3 is 4.90 Å². The maximum atomic E-state index is 2.65. The van der Waals surface area contributed by atoms with Gasteiger partial charge in [0.1, 0.15) is 0 Å². The van der Waals surface area contributed by atoms with E-state index in [0.717, 1.165) is 29.7 Å². The van der Waals surface area contributed by atoms with Gasteiger partial charge in [0.2, 0.25) is 0 Å². The van der Waals surface area contributed by atoms with Gasteiger partial charge in [-0.2, -0.15) is 0 Å². The Labute approximate surface area is 102 Å². The average Bonchev–Trinajstić information content (AvgIpc) is 2.15. The zero-order valence-electron chi connectivity index (χ0n) is 11.6. The molecule has 1 heteroatoms. The molecular formula is C15H29N. The van der Waals surface area contributed by atoms with Crippen molar-refractivity contribution in [3.05, 3.63) is 0 Å². The highest BCUT2D eigenvalue weighted by Gasteiger charge is 2.37. The van der Waals surface area contributed by atoms with E-state index >= 15 is 0 Å². The van der Waals surface area contributed by atoms with Crippen molar-refractivity contribution < 1.29 is 0 Å². The fourth-order valence-corrected chi connectivity index (χ4v) is 3.55. The predicted octanol–water partition coefficient (Wildman–Crippen LogP) is 3.79. The molecule has 1 aliphatic heterocycles. The second kappa shape index (κ2) is 5.08. The quantitative estimate of drug-likeness (QED) is 0.703. The molecule has 1 nitrogen and oxygen atoms in total. The van der Waals surface area contributed by atoms with Gasteiger partial charge in [-0.05, 0) is 76.3 Å². The van der Waals surface area contributed by atoms with Crippen molar-refractivity contribution >= 4 is 0 Å². The molecule has 0 amide bonds. The van der Waals surface area contributed by atoms with Gasteiger partial charge in [0.25, 0.3) is 0 Å². The van der Waals surface area contributed by atoms with Gasteiger partial charge in [0, 0.05) is 6.04 Å². The molecule has 0 radical (unpaired) electrons. The number of nitrogens with zero attached hydrogens (tertiary/aromatic N) is 1. The SMILES string of the molecule is CC(C)C1CC(C2CCN(C(C)C)CC2)C1. The Bertz CT molecular complexity index is 207. The third-order valence-corrected chi connectivity index (χ3v) is 5.12. The minimum absolute atomic E-state index is 0.755. The number of rotatable bonds is 3. The summed E-state index contributed by atoms with van der Waals surface area (Å²) >= 11 is 0. The third-order valence-electron chi connectivity index (χ3n) is 5.12. The van der Waals surface area contributed by atoms with Gasteiger partial charge in [-0.3, -0.25) is 0 Å². The molecule has 94 valence electrons. The molecule has 2 fully saturated rings. The zero-order valence-corrected chi connectivity index (χ0v) is 11.6. The molecule has 16 heavy (non-hydrogen) atoms. The largest absolute Gasteiger partial charge is 0.301 e. The summed E-state index contributed by atoms with van der Waals surface area (Å²) in [6.45, 7) is 12.2. The van der Waals surface area contributed by atoms with Gasteiger partial charge in [-0.15, -0.1) is 0 Å². The van der Waals surface area contributed by atoms with Crippen LogP contribution >= 0.6 is 0 Å². The number of piperidine rings is 1. The Balaban J connectivity index is 1.71. The van der Waals surface area contributed by atoms with E-state index in [1.165, 1.54) is 38.8 Å². The summed E-state index contributed by atoms with van der Waals surface area (Å²) in [6.07, 6.45) is 6.00. The van der Waals surface area contributed by atoms with Crippen LogP contribution in [0, 0.1) is 23.7 Å². The fraction of sp³-hybridized carbons (Fsp3) is 1.00. The van der Waals surface area contributed by atoms with Gasteiger partial charge >= 0.3 is 0 Å². The van der Waals surface area contributed by atoms with Crippen molar-refractivity contribution in [2.75, 3.05) is 13.1 Å². The molecule has 0 spiro atoms. The molecule has 2 aliphatic rings. The van der Waals surface area contributed by atoms with Crippen molar-refractivity contribution in [1.82, 2.24) is 4.90 Å². The minimum atomic E-state index is 0.755. The first-order chi connectivity index (χ1) is 7.58. The molecule has 0 N–H and O–H groups in total. The molecular weight excluding hydrogens is 194 g/mol. The van der Waals surface area contributed by atoms with Crippen LogP contribution in [0.2, 0.25) is 0 Å². The first-order valence-electron chi connectivity index (χ1n) is 7.32. The lowest BCUT2D eigenvalue weighted by Gasteiger charge is -2.46. The summed E-state index contributed by atoms with van der Waals surface area (Å²) in [7, 11) is 0. The summed E-state index contributed by atoms with van der Waals surface area (Å²) in [6, 6.07) is 0.755. The normalized spacial score (nSPS) is 33.4. The predicted molar refractivity (Wildman–Crippen MR) is 70.5 cm³/mol. The lowest BCUT2D eigenvalue weighted by atomic mass is 9.63. The van der Waals surface area contributed by atoms with Crippen molar-refractivity contribution in [2.24, 2.45) is 23.7 Å². The molecule has 0 aromatic rings. The fourth-order valence-electron chi connectivity index (χ4n) is 3.55. The number of hydrogen-bond acceptors (Lipinski definition) is 1. The molecule has 0 bridgehead atoms. The van der Waals surface area contributed by atoms with Crippen LogP contribution in [0.4, 0.5) is 0 Å².